The Bertz CT molecular complexity index is 298. The monoisotopic (exact) mass is 212 g/mol. The van der Waals surface area contributed by atoms with E-state index in [9.17, 15) is 9.59 Å². The van der Waals surface area contributed by atoms with Crippen LogP contribution in [-0.4, -0.2) is 10.9 Å². The van der Waals surface area contributed by atoms with Gasteiger partial charge in [0.2, 0.25) is 5.12 Å². The fourth-order valence-corrected chi connectivity index (χ4v) is 1.39. The number of rotatable bonds is 4. The van der Waals surface area contributed by atoms with Gasteiger partial charge in [-0.25, -0.2) is 0 Å². The second-order valence-electron chi connectivity index (χ2n) is 3.23. The Hall–Kier alpha value is -0.830. The van der Waals surface area contributed by atoms with E-state index in [1.807, 2.05) is 13.8 Å². The number of allylic oxidation sites excluding steroid dienone is 3. The van der Waals surface area contributed by atoms with E-state index >= 15 is 0 Å². The third-order valence-electron chi connectivity index (χ3n) is 1.89. The van der Waals surface area contributed by atoms with Crippen LogP contribution in [0.15, 0.2) is 23.3 Å². The number of thiol groups is 1. The first-order valence-corrected chi connectivity index (χ1v) is 5.00. The largest absolute Gasteiger partial charge is 0.294 e. The molecule has 0 atom stereocenters. The van der Waals surface area contributed by atoms with Crippen molar-refractivity contribution in [3.05, 3.63) is 23.3 Å². The molecule has 78 valence electrons. The molecule has 14 heavy (non-hydrogen) atoms. The van der Waals surface area contributed by atoms with Gasteiger partial charge in [0.1, 0.15) is 0 Å². The minimum atomic E-state index is -0.366. The zero-order valence-corrected chi connectivity index (χ0v) is 9.89. The molecule has 0 aromatic carbocycles. The van der Waals surface area contributed by atoms with Crippen molar-refractivity contribution in [3.8, 4) is 0 Å². The lowest BCUT2D eigenvalue weighted by Crippen LogP contribution is -2.14. The molecule has 0 aliphatic rings. The first-order valence-electron chi connectivity index (χ1n) is 4.56. The van der Waals surface area contributed by atoms with Gasteiger partial charge >= 0.3 is 0 Å². The van der Waals surface area contributed by atoms with Crippen LogP contribution in [-0.2, 0) is 9.59 Å². The van der Waals surface area contributed by atoms with Gasteiger partial charge in [-0.1, -0.05) is 26.0 Å². The maximum absolute atomic E-state index is 11.7. The third kappa shape index (κ3) is 3.14. The molecular formula is C11H16O2S. The van der Waals surface area contributed by atoms with Crippen LogP contribution in [0.25, 0.3) is 0 Å². The van der Waals surface area contributed by atoms with Crippen LogP contribution in [0.1, 0.15) is 27.7 Å². The molecular weight excluding hydrogens is 196 g/mol. The second-order valence-corrected chi connectivity index (χ2v) is 3.63. The van der Waals surface area contributed by atoms with Crippen LogP contribution in [0.2, 0.25) is 0 Å². The highest BCUT2D eigenvalue weighted by molar-refractivity contribution is 7.97. The molecule has 0 fully saturated rings. The lowest BCUT2D eigenvalue weighted by atomic mass is 9.95. The number of carbonyl (C=O) groups excluding carboxylic acids is 2. The summed E-state index contributed by atoms with van der Waals surface area (Å²) in [5.41, 5.74) is 0.844. The smallest absolute Gasteiger partial charge is 0.216 e. The van der Waals surface area contributed by atoms with Crippen LogP contribution < -0.4 is 0 Å². The van der Waals surface area contributed by atoms with Gasteiger partial charge in [-0.3, -0.25) is 9.59 Å². The number of Topliss-reactive ketones (excluding diaryl/α,β-unsaturated/α-hetero) is 1. The van der Waals surface area contributed by atoms with E-state index in [0.29, 0.717) is 11.1 Å². The Morgan fingerprint density at radius 2 is 1.50 bits per heavy atom. The molecule has 0 aliphatic heterocycles. The molecule has 0 aromatic heterocycles. The highest BCUT2D eigenvalue weighted by Crippen LogP contribution is 2.17. The quantitative estimate of drug-likeness (QED) is 0.441. The van der Waals surface area contributed by atoms with Gasteiger partial charge < -0.3 is 0 Å². The third-order valence-corrected chi connectivity index (χ3v) is 2.13. The standard InChI is InChI=1S/C11H16O2S/c1-5-8(10(12)7(3)4)9(6-2)11(13)14/h5-7H,1-4H3,(H,13,14)/b8-5+,9-6+. The molecule has 2 nitrogen and oxygen atoms in total. The summed E-state index contributed by atoms with van der Waals surface area (Å²) in [7, 11) is 0. The molecule has 0 N–H and O–H groups in total. The summed E-state index contributed by atoms with van der Waals surface area (Å²) >= 11 is 3.73. The van der Waals surface area contributed by atoms with E-state index in [1.54, 1.807) is 26.0 Å². The molecule has 0 aliphatic carbocycles. The topological polar surface area (TPSA) is 34.1 Å². The molecule has 3 heteroatoms. The molecule has 0 heterocycles. The number of hydrogen-bond donors (Lipinski definition) is 1. The number of hydrogen-bond acceptors (Lipinski definition) is 2. The molecule has 0 unspecified atom stereocenters. The predicted octanol–water partition coefficient (Wildman–Crippen LogP) is 2.56. The van der Waals surface area contributed by atoms with Crippen LogP contribution >= 0.6 is 12.6 Å². The van der Waals surface area contributed by atoms with Crippen molar-refractivity contribution in [1.82, 2.24) is 0 Å². The van der Waals surface area contributed by atoms with Gasteiger partial charge in [-0.05, 0) is 13.8 Å². The fraction of sp³-hybridized carbons (Fsp3) is 0.455. The zero-order valence-electron chi connectivity index (χ0n) is 9.00. The van der Waals surface area contributed by atoms with Crippen LogP contribution in [0.5, 0.6) is 0 Å². The average molecular weight is 212 g/mol. The Morgan fingerprint density at radius 1 is 1.07 bits per heavy atom. The minimum Gasteiger partial charge on any atom is -0.294 e. The first kappa shape index (κ1) is 13.2. The van der Waals surface area contributed by atoms with E-state index < -0.39 is 0 Å². The van der Waals surface area contributed by atoms with Gasteiger partial charge in [-0.2, -0.15) is 0 Å². The Morgan fingerprint density at radius 3 is 1.71 bits per heavy atom. The Balaban J connectivity index is 5.11. The van der Waals surface area contributed by atoms with E-state index in [4.69, 9.17) is 0 Å². The van der Waals surface area contributed by atoms with Crippen molar-refractivity contribution < 1.29 is 9.59 Å². The maximum atomic E-state index is 11.7. The van der Waals surface area contributed by atoms with Crippen LogP contribution in [0.3, 0.4) is 0 Å². The molecule has 0 spiro atoms. The maximum Gasteiger partial charge on any atom is 0.216 e. The number of carbonyl (C=O) groups is 2. The van der Waals surface area contributed by atoms with Crippen molar-refractivity contribution in [2.45, 2.75) is 27.7 Å². The highest BCUT2D eigenvalue weighted by atomic mass is 32.1. The fourth-order valence-electron chi connectivity index (χ4n) is 1.14. The van der Waals surface area contributed by atoms with E-state index in [0.717, 1.165) is 0 Å². The van der Waals surface area contributed by atoms with Crippen molar-refractivity contribution in [2.75, 3.05) is 0 Å². The van der Waals surface area contributed by atoms with Crippen LogP contribution in [0.4, 0.5) is 0 Å². The van der Waals surface area contributed by atoms with Gasteiger partial charge in [0, 0.05) is 17.1 Å². The van der Waals surface area contributed by atoms with E-state index in [-0.39, 0.29) is 16.8 Å². The van der Waals surface area contributed by atoms with Crippen molar-refractivity contribution in [3.63, 3.8) is 0 Å². The molecule has 0 saturated carbocycles. The summed E-state index contributed by atoms with van der Waals surface area (Å²) in [5, 5.41) is -0.366. The zero-order chi connectivity index (χ0) is 11.3. The molecule has 0 aromatic rings. The summed E-state index contributed by atoms with van der Waals surface area (Å²) in [6.45, 7) is 7.08. The van der Waals surface area contributed by atoms with E-state index in [1.165, 1.54) is 0 Å². The van der Waals surface area contributed by atoms with Gasteiger partial charge in [0.05, 0.1) is 0 Å². The normalized spacial score (nSPS) is 13.3. The first-order chi connectivity index (χ1) is 6.45. The SMILES string of the molecule is C/C=C(C(=O)S)\C(=C/C)C(=O)C(C)C. The van der Waals surface area contributed by atoms with Gasteiger partial charge in [0.25, 0.3) is 0 Å². The lowest BCUT2D eigenvalue weighted by molar-refractivity contribution is -0.118. The molecule has 0 bridgehead atoms. The molecule has 0 rings (SSSR count). The highest BCUT2D eigenvalue weighted by Gasteiger charge is 2.19. The predicted molar refractivity (Wildman–Crippen MR) is 61.4 cm³/mol. The summed E-state index contributed by atoms with van der Waals surface area (Å²) in [6, 6.07) is 0. The summed E-state index contributed by atoms with van der Waals surface area (Å²) in [4.78, 5) is 22.8. The van der Waals surface area contributed by atoms with E-state index in [2.05, 4.69) is 12.6 Å². The summed E-state index contributed by atoms with van der Waals surface area (Å²) < 4.78 is 0. The Kier molecular flexibility index (Phi) is 5.46. The summed E-state index contributed by atoms with van der Waals surface area (Å²) in [6.07, 6.45) is 3.27. The molecule has 0 amide bonds. The van der Waals surface area contributed by atoms with Gasteiger partial charge in [0.15, 0.2) is 5.78 Å². The van der Waals surface area contributed by atoms with Gasteiger partial charge in [-0.15, -0.1) is 12.6 Å². The van der Waals surface area contributed by atoms with Crippen molar-refractivity contribution in [2.24, 2.45) is 5.92 Å². The molecule has 0 saturated heterocycles. The van der Waals surface area contributed by atoms with Crippen molar-refractivity contribution in [1.29, 1.82) is 0 Å². The Labute approximate surface area is 90.5 Å². The summed E-state index contributed by atoms with van der Waals surface area (Å²) in [5.74, 6) is -0.133. The lowest BCUT2D eigenvalue weighted by Gasteiger charge is -2.09. The van der Waals surface area contributed by atoms with Crippen molar-refractivity contribution >= 4 is 23.5 Å². The van der Waals surface area contributed by atoms with Crippen LogP contribution in [0, 0.1) is 5.92 Å². The average Bonchev–Trinajstić information content (AvgIpc) is 2.11. The minimum absolute atomic E-state index is 0.0250. The second kappa shape index (κ2) is 5.81. The number of ketones is 1. The molecule has 0 radical (unpaired) electrons.